The number of aryl methyl sites for hydroxylation is 1. The molecule has 0 radical (unpaired) electrons. The SMILES string of the molecule is CCOC(=O)c1c[nH]c2ccc3cn(CC)nc3c2c1=O. The highest BCUT2D eigenvalue weighted by Gasteiger charge is 2.16. The molecule has 2 aromatic heterocycles. The minimum absolute atomic E-state index is 0.00268. The average molecular weight is 285 g/mol. The first-order valence-corrected chi connectivity index (χ1v) is 6.84. The molecule has 6 heteroatoms. The molecule has 0 fully saturated rings. The Labute approximate surface area is 120 Å². The van der Waals surface area contributed by atoms with E-state index in [2.05, 4.69) is 10.1 Å². The smallest absolute Gasteiger partial charge is 0.343 e. The lowest BCUT2D eigenvalue weighted by atomic mass is 10.1. The molecule has 0 unspecified atom stereocenters. The van der Waals surface area contributed by atoms with E-state index < -0.39 is 5.97 Å². The number of esters is 1. The van der Waals surface area contributed by atoms with Crippen LogP contribution < -0.4 is 5.43 Å². The standard InChI is InChI=1S/C15H15N3O3/c1-3-18-8-9-5-6-11-12(13(9)17-18)14(19)10(7-16-11)15(20)21-4-2/h5-8H,3-4H2,1-2H3,(H,16,19). The van der Waals surface area contributed by atoms with Gasteiger partial charge in [-0.15, -0.1) is 0 Å². The summed E-state index contributed by atoms with van der Waals surface area (Å²) in [7, 11) is 0. The summed E-state index contributed by atoms with van der Waals surface area (Å²) in [5.74, 6) is -0.618. The maximum atomic E-state index is 12.6. The van der Waals surface area contributed by atoms with E-state index in [0.29, 0.717) is 23.0 Å². The van der Waals surface area contributed by atoms with Crippen molar-refractivity contribution in [1.82, 2.24) is 14.8 Å². The second-order valence-electron chi connectivity index (χ2n) is 4.66. The van der Waals surface area contributed by atoms with Crippen LogP contribution in [0.1, 0.15) is 24.2 Å². The molecule has 0 bridgehead atoms. The number of aromatic amines is 1. The second-order valence-corrected chi connectivity index (χ2v) is 4.66. The molecular formula is C15H15N3O3. The molecule has 0 aliphatic carbocycles. The van der Waals surface area contributed by atoms with Crippen molar-refractivity contribution in [2.24, 2.45) is 0 Å². The third-order valence-corrected chi connectivity index (χ3v) is 3.39. The molecule has 3 rings (SSSR count). The second kappa shape index (κ2) is 5.05. The first-order valence-electron chi connectivity index (χ1n) is 6.84. The van der Waals surface area contributed by atoms with Crippen molar-refractivity contribution in [3.05, 3.63) is 40.3 Å². The number of carbonyl (C=O) groups excluding carboxylic acids is 1. The van der Waals surface area contributed by atoms with Crippen LogP contribution in [-0.2, 0) is 11.3 Å². The Morgan fingerprint density at radius 3 is 2.90 bits per heavy atom. The Bertz CT molecular complexity index is 892. The van der Waals surface area contributed by atoms with Crippen molar-refractivity contribution in [2.75, 3.05) is 6.61 Å². The number of pyridine rings is 1. The van der Waals surface area contributed by atoms with Crippen LogP contribution in [0, 0.1) is 0 Å². The minimum Gasteiger partial charge on any atom is -0.462 e. The molecule has 6 nitrogen and oxygen atoms in total. The van der Waals surface area contributed by atoms with E-state index in [-0.39, 0.29) is 17.6 Å². The molecule has 0 aliphatic rings. The van der Waals surface area contributed by atoms with Crippen molar-refractivity contribution in [2.45, 2.75) is 20.4 Å². The normalized spacial score (nSPS) is 11.1. The van der Waals surface area contributed by atoms with E-state index in [0.717, 1.165) is 5.39 Å². The first-order chi connectivity index (χ1) is 10.2. The van der Waals surface area contributed by atoms with Crippen LogP contribution >= 0.6 is 0 Å². The molecular weight excluding hydrogens is 270 g/mol. The lowest BCUT2D eigenvalue weighted by Gasteiger charge is -2.03. The lowest BCUT2D eigenvalue weighted by Crippen LogP contribution is -2.18. The van der Waals surface area contributed by atoms with Crippen LogP contribution in [0.2, 0.25) is 0 Å². The van der Waals surface area contributed by atoms with Gasteiger partial charge in [0.2, 0.25) is 5.43 Å². The number of H-pyrrole nitrogens is 1. The number of nitrogens with one attached hydrogen (secondary N) is 1. The highest BCUT2D eigenvalue weighted by atomic mass is 16.5. The van der Waals surface area contributed by atoms with E-state index in [1.807, 2.05) is 25.3 Å². The molecule has 3 aromatic rings. The molecule has 0 spiro atoms. The molecule has 0 amide bonds. The molecule has 2 heterocycles. The molecule has 0 saturated carbocycles. The van der Waals surface area contributed by atoms with E-state index in [1.54, 1.807) is 11.6 Å². The van der Waals surface area contributed by atoms with Gasteiger partial charge >= 0.3 is 5.97 Å². The van der Waals surface area contributed by atoms with E-state index in [9.17, 15) is 9.59 Å². The predicted molar refractivity (Wildman–Crippen MR) is 79.5 cm³/mol. The van der Waals surface area contributed by atoms with E-state index in [4.69, 9.17) is 4.74 Å². The maximum absolute atomic E-state index is 12.6. The zero-order chi connectivity index (χ0) is 15.0. The van der Waals surface area contributed by atoms with Gasteiger partial charge in [0.25, 0.3) is 0 Å². The van der Waals surface area contributed by atoms with Gasteiger partial charge in [0.05, 0.1) is 17.5 Å². The highest BCUT2D eigenvalue weighted by molar-refractivity contribution is 6.05. The molecule has 0 atom stereocenters. The molecule has 0 saturated heterocycles. The average Bonchev–Trinajstić information content (AvgIpc) is 2.90. The fourth-order valence-corrected chi connectivity index (χ4v) is 2.36. The van der Waals surface area contributed by atoms with Gasteiger partial charge in [0.1, 0.15) is 11.1 Å². The van der Waals surface area contributed by atoms with Crippen LogP contribution in [0.25, 0.3) is 21.8 Å². The molecule has 21 heavy (non-hydrogen) atoms. The monoisotopic (exact) mass is 285 g/mol. The fourth-order valence-electron chi connectivity index (χ4n) is 2.36. The number of carbonyl (C=O) groups is 1. The largest absolute Gasteiger partial charge is 0.462 e. The summed E-state index contributed by atoms with van der Waals surface area (Å²) in [6, 6.07) is 3.71. The van der Waals surface area contributed by atoms with Crippen molar-refractivity contribution >= 4 is 27.8 Å². The molecule has 0 aliphatic heterocycles. The van der Waals surface area contributed by atoms with Crippen LogP contribution in [0.3, 0.4) is 0 Å². The topological polar surface area (TPSA) is 77.0 Å². The quantitative estimate of drug-likeness (QED) is 0.747. The van der Waals surface area contributed by atoms with Crippen molar-refractivity contribution in [3.63, 3.8) is 0 Å². The Balaban J connectivity index is 2.34. The number of ether oxygens (including phenoxy) is 1. The summed E-state index contributed by atoms with van der Waals surface area (Å²) in [4.78, 5) is 27.4. The fraction of sp³-hybridized carbons (Fsp3) is 0.267. The zero-order valence-electron chi connectivity index (χ0n) is 11.8. The number of hydrogen-bond donors (Lipinski definition) is 1. The number of rotatable bonds is 3. The van der Waals surface area contributed by atoms with Gasteiger partial charge in [-0.05, 0) is 26.0 Å². The highest BCUT2D eigenvalue weighted by Crippen LogP contribution is 2.20. The van der Waals surface area contributed by atoms with Crippen LogP contribution in [0.15, 0.2) is 29.3 Å². The Kier molecular flexibility index (Phi) is 3.21. The summed E-state index contributed by atoms with van der Waals surface area (Å²) in [5.41, 5.74) is 0.903. The van der Waals surface area contributed by atoms with E-state index >= 15 is 0 Å². The third kappa shape index (κ3) is 2.08. The summed E-state index contributed by atoms with van der Waals surface area (Å²) in [6.07, 6.45) is 3.27. The third-order valence-electron chi connectivity index (χ3n) is 3.39. The summed E-state index contributed by atoms with van der Waals surface area (Å²) < 4.78 is 6.68. The van der Waals surface area contributed by atoms with Crippen LogP contribution in [-0.4, -0.2) is 27.3 Å². The van der Waals surface area contributed by atoms with E-state index in [1.165, 1.54) is 6.20 Å². The summed E-state index contributed by atoms with van der Waals surface area (Å²) in [6.45, 7) is 4.62. The van der Waals surface area contributed by atoms with Gasteiger partial charge in [-0.1, -0.05) is 0 Å². The van der Waals surface area contributed by atoms with Gasteiger partial charge in [-0.2, -0.15) is 5.10 Å². The minimum atomic E-state index is -0.618. The summed E-state index contributed by atoms with van der Waals surface area (Å²) in [5, 5.41) is 5.70. The van der Waals surface area contributed by atoms with Gasteiger partial charge in [0.15, 0.2) is 0 Å². The predicted octanol–water partition coefficient (Wildman–Crippen LogP) is 2.07. The van der Waals surface area contributed by atoms with Gasteiger partial charge in [-0.3, -0.25) is 9.48 Å². The molecule has 108 valence electrons. The Morgan fingerprint density at radius 2 is 2.19 bits per heavy atom. The number of benzene rings is 1. The maximum Gasteiger partial charge on any atom is 0.343 e. The Morgan fingerprint density at radius 1 is 1.38 bits per heavy atom. The molecule has 1 N–H and O–H groups in total. The van der Waals surface area contributed by atoms with Crippen LogP contribution in [0.5, 0.6) is 0 Å². The van der Waals surface area contributed by atoms with Gasteiger partial charge in [-0.25, -0.2) is 4.79 Å². The summed E-state index contributed by atoms with van der Waals surface area (Å²) >= 11 is 0. The molecule has 1 aromatic carbocycles. The van der Waals surface area contributed by atoms with Crippen LogP contribution in [0.4, 0.5) is 0 Å². The van der Waals surface area contributed by atoms with Gasteiger partial charge < -0.3 is 9.72 Å². The zero-order valence-corrected chi connectivity index (χ0v) is 11.8. The number of hydrogen-bond acceptors (Lipinski definition) is 4. The first kappa shape index (κ1) is 13.4. The number of fused-ring (bicyclic) bond motifs is 3. The van der Waals surface area contributed by atoms with Crippen molar-refractivity contribution in [1.29, 1.82) is 0 Å². The number of nitrogens with zero attached hydrogens (tertiary/aromatic N) is 2. The Hall–Kier alpha value is -2.63. The van der Waals surface area contributed by atoms with Crippen molar-refractivity contribution < 1.29 is 9.53 Å². The van der Waals surface area contributed by atoms with Crippen molar-refractivity contribution in [3.8, 4) is 0 Å². The van der Waals surface area contributed by atoms with Gasteiger partial charge in [0, 0.05) is 24.3 Å². The number of aromatic nitrogens is 3. The lowest BCUT2D eigenvalue weighted by molar-refractivity contribution is 0.0524.